The number of rotatable bonds is 15. The number of carboxylic acids is 1. The Morgan fingerprint density at radius 2 is 1.67 bits per heavy atom. The molecule has 0 radical (unpaired) electrons. The van der Waals surface area contributed by atoms with Crippen molar-refractivity contribution in [2.24, 2.45) is 10.2 Å². The van der Waals surface area contributed by atoms with Crippen molar-refractivity contribution in [2.45, 2.75) is 32.6 Å². The molecule has 14 heteroatoms. The Kier molecular flexibility index (Phi) is 12.6. The molecule has 0 atom stereocenters. The molecule has 12 nitrogen and oxygen atoms in total. The number of benzene rings is 2. The molecular formula is C25H29N3O9S2. The number of hydrogen-bond acceptors (Lipinski definition) is 11. The summed E-state index contributed by atoms with van der Waals surface area (Å²) in [5.41, 5.74) is 0.882. The van der Waals surface area contributed by atoms with Crippen LogP contribution in [0.25, 0.3) is 0 Å². The highest BCUT2D eigenvalue weighted by Crippen LogP contribution is 2.28. The van der Waals surface area contributed by atoms with Gasteiger partial charge in [-0.2, -0.15) is 10.2 Å². The summed E-state index contributed by atoms with van der Waals surface area (Å²) in [5.74, 6) is -2.77. The molecule has 2 aromatic rings. The first-order valence-electron chi connectivity index (χ1n) is 11.9. The van der Waals surface area contributed by atoms with Crippen LogP contribution in [0.1, 0.15) is 53.3 Å². The maximum Gasteiger partial charge on any atom is 0.342 e. The van der Waals surface area contributed by atoms with Gasteiger partial charge in [0.25, 0.3) is 5.91 Å². The summed E-state index contributed by atoms with van der Waals surface area (Å²) in [5, 5.41) is 19.3. The summed E-state index contributed by atoms with van der Waals surface area (Å²) in [6.07, 6.45) is 2.44. The van der Waals surface area contributed by atoms with E-state index in [1.165, 1.54) is 42.5 Å². The number of nitrogens with one attached hydrogen (secondary N) is 1. The zero-order chi connectivity index (χ0) is 28.8. The predicted molar refractivity (Wildman–Crippen MR) is 144 cm³/mol. The van der Waals surface area contributed by atoms with Gasteiger partial charge in [-0.1, -0.05) is 13.3 Å². The number of hydrogen-bond donors (Lipinski definition) is 2. The van der Waals surface area contributed by atoms with Crippen LogP contribution in [0.4, 0.5) is 11.4 Å². The number of carboxylic acid groups (broad SMARTS) is 1. The lowest BCUT2D eigenvalue weighted by molar-refractivity contribution is -0.137. The van der Waals surface area contributed by atoms with Gasteiger partial charge < -0.3 is 19.9 Å². The molecule has 2 rings (SSSR count). The van der Waals surface area contributed by atoms with Crippen LogP contribution in [0.5, 0.6) is 5.75 Å². The monoisotopic (exact) mass is 579 g/mol. The molecule has 0 saturated heterocycles. The number of aliphatic carboxylic acids is 1. The van der Waals surface area contributed by atoms with Crippen LogP contribution >= 0.6 is 10.8 Å². The van der Waals surface area contributed by atoms with E-state index in [2.05, 4.69) is 15.5 Å². The van der Waals surface area contributed by atoms with Crippen molar-refractivity contribution in [3.63, 3.8) is 0 Å². The van der Waals surface area contributed by atoms with Gasteiger partial charge in [-0.15, -0.1) is 0 Å². The van der Waals surface area contributed by atoms with E-state index in [4.69, 9.17) is 14.6 Å². The lowest BCUT2D eigenvalue weighted by atomic mass is 10.1. The van der Waals surface area contributed by atoms with E-state index in [1.807, 2.05) is 6.92 Å². The summed E-state index contributed by atoms with van der Waals surface area (Å²) < 4.78 is 33.0. The Morgan fingerprint density at radius 3 is 2.31 bits per heavy atom. The van der Waals surface area contributed by atoms with Crippen LogP contribution in [0, 0.1) is 0 Å². The Labute approximate surface area is 229 Å². The fraction of sp³-hybridized carbons (Fsp3) is 0.360. The van der Waals surface area contributed by atoms with Crippen LogP contribution in [0.2, 0.25) is 0 Å². The highest BCUT2D eigenvalue weighted by atomic mass is 33.1. The van der Waals surface area contributed by atoms with Crippen LogP contribution in [0.15, 0.2) is 52.7 Å². The van der Waals surface area contributed by atoms with Gasteiger partial charge in [0.1, 0.15) is 17.9 Å². The minimum atomic E-state index is -3.29. The fourth-order valence-electron chi connectivity index (χ4n) is 2.90. The highest BCUT2D eigenvalue weighted by Gasteiger charge is 2.18. The Bertz CT molecular complexity index is 1310. The number of carbonyl (C=O) groups excluding carboxylic acids is 3. The highest BCUT2D eigenvalue weighted by molar-refractivity contribution is 8.71. The molecule has 0 aliphatic carbocycles. The zero-order valence-corrected chi connectivity index (χ0v) is 23.0. The second-order valence-electron chi connectivity index (χ2n) is 8.07. The lowest BCUT2D eigenvalue weighted by Gasteiger charge is -2.11. The third kappa shape index (κ3) is 12.1. The van der Waals surface area contributed by atoms with E-state index in [9.17, 15) is 27.6 Å². The first-order chi connectivity index (χ1) is 18.5. The van der Waals surface area contributed by atoms with Crippen molar-refractivity contribution in [3.05, 3.63) is 53.6 Å². The number of carbonyl (C=O) groups is 4. The van der Waals surface area contributed by atoms with E-state index in [0.29, 0.717) is 28.5 Å². The van der Waals surface area contributed by atoms with Crippen molar-refractivity contribution < 1.29 is 42.2 Å². The average Bonchev–Trinajstić information content (AvgIpc) is 2.88. The number of azo groups is 1. The van der Waals surface area contributed by atoms with E-state index < -0.39 is 32.7 Å². The Morgan fingerprint density at radius 1 is 1.00 bits per heavy atom. The fourth-order valence-corrected chi connectivity index (χ4v) is 4.47. The van der Waals surface area contributed by atoms with E-state index in [-0.39, 0.29) is 48.7 Å². The molecule has 0 saturated carbocycles. The molecule has 0 spiro atoms. The molecule has 0 unspecified atom stereocenters. The molecule has 39 heavy (non-hydrogen) atoms. The van der Waals surface area contributed by atoms with Crippen molar-refractivity contribution in [1.82, 2.24) is 5.32 Å². The van der Waals surface area contributed by atoms with Gasteiger partial charge in [-0.25, -0.2) is 13.2 Å². The molecule has 0 aliphatic heterocycles. The lowest BCUT2D eigenvalue weighted by Crippen LogP contribution is -2.25. The predicted octanol–water partition coefficient (Wildman–Crippen LogP) is 4.25. The molecule has 2 N–H and O–H groups in total. The SMILES string of the molecule is CCCCC(=O)Oc1ccc(N=Nc2ccc(C(=O)NCCC(=O)O)cc2)cc1C(=O)OCCSS(C)(=O)=O. The normalized spacial score (nSPS) is 11.2. The summed E-state index contributed by atoms with van der Waals surface area (Å²) in [6, 6.07) is 10.3. The number of esters is 2. The Balaban J connectivity index is 2.15. The first-order valence-corrected chi connectivity index (χ1v) is 15.3. The van der Waals surface area contributed by atoms with E-state index in [0.717, 1.165) is 12.7 Å². The smallest absolute Gasteiger partial charge is 0.342 e. The third-order valence-electron chi connectivity index (χ3n) is 4.79. The molecule has 0 aromatic heterocycles. The number of amides is 1. The van der Waals surface area contributed by atoms with Gasteiger partial charge in [-0.05, 0) is 59.7 Å². The largest absolute Gasteiger partial charge is 0.481 e. The first kappa shape index (κ1) is 31.4. The number of nitrogens with zero attached hydrogens (tertiary/aromatic N) is 2. The molecule has 0 heterocycles. The second kappa shape index (κ2) is 15.6. The van der Waals surface area contributed by atoms with Crippen molar-refractivity contribution in [2.75, 3.05) is 25.2 Å². The van der Waals surface area contributed by atoms with Gasteiger partial charge in [0.15, 0.2) is 8.87 Å². The van der Waals surface area contributed by atoms with Crippen LogP contribution in [-0.2, 0) is 23.2 Å². The minimum Gasteiger partial charge on any atom is -0.481 e. The minimum absolute atomic E-state index is 0.000840. The summed E-state index contributed by atoms with van der Waals surface area (Å²) in [7, 11) is -2.65. The van der Waals surface area contributed by atoms with Crippen molar-refractivity contribution in [1.29, 1.82) is 0 Å². The molecule has 2 aromatic carbocycles. The average molecular weight is 580 g/mol. The van der Waals surface area contributed by atoms with Crippen molar-refractivity contribution >= 4 is 54.9 Å². The van der Waals surface area contributed by atoms with Gasteiger partial charge >= 0.3 is 17.9 Å². The topological polar surface area (TPSA) is 178 Å². The van der Waals surface area contributed by atoms with Gasteiger partial charge in [-0.3, -0.25) is 14.4 Å². The molecule has 1 amide bonds. The molecule has 0 fully saturated rings. The molecule has 0 aliphatic rings. The van der Waals surface area contributed by atoms with Gasteiger partial charge in [0, 0.05) is 30.5 Å². The summed E-state index contributed by atoms with van der Waals surface area (Å²) in [4.78, 5) is 47.5. The second-order valence-corrected chi connectivity index (χ2v) is 12.6. The van der Waals surface area contributed by atoms with Crippen LogP contribution in [0.3, 0.4) is 0 Å². The maximum atomic E-state index is 12.7. The molecule has 0 bridgehead atoms. The number of ether oxygens (including phenoxy) is 2. The number of unbranched alkanes of at least 4 members (excludes halogenated alkanes) is 1. The third-order valence-corrected chi connectivity index (χ3v) is 7.34. The molecular weight excluding hydrogens is 550 g/mol. The van der Waals surface area contributed by atoms with E-state index >= 15 is 0 Å². The molecule has 210 valence electrons. The van der Waals surface area contributed by atoms with Crippen LogP contribution in [-0.4, -0.2) is 62.5 Å². The van der Waals surface area contributed by atoms with Gasteiger partial charge in [0.2, 0.25) is 0 Å². The van der Waals surface area contributed by atoms with E-state index in [1.54, 1.807) is 0 Å². The van der Waals surface area contributed by atoms with Crippen molar-refractivity contribution in [3.8, 4) is 5.75 Å². The quantitative estimate of drug-likeness (QED) is 0.102. The zero-order valence-electron chi connectivity index (χ0n) is 21.4. The van der Waals surface area contributed by atoms with Gasteiger partial charge in [0.05, 0.1) is 17.8 Å². The standard InChI is InChI=1S/C25H29N3O9S2/c1-3-4-5-23(31)37-21-11-10-19(16-20(21)25(33)36-14-15-38-39(2,34)35)28-27-18-8-6-17(7-9-18)24(32)26-13-12-22(29)30/h6-11,16H,3-5,12-15H2,1-2H3,(H,26,32)(H,29,30). The maximum absolute atomic E-state index is 12.7. The van der Waals surface area contributed by atoms with Crippen LogP contribution < -0.4 is 10.1 Å². The summed E-state index contributed by atoms with van der Waals surface area (Å²) >= 11 is 0. The Hall–Kier alpha value is -3.78. The summed E-state index contributed by atoms with van der Waals surface area (Å²) in [6.45, 7) is 1.75.